The average Bonchev–Trinajstić information content (AvgIpc) is 2.70. The van der Waals surface area contributed by atoms with E-state index in [1.54, 1.807) is 24.6 Å². The predicted molar refractivity (Wildman–Crippen MR) is 108 cm³/mol. The second-order valence-corrected chi connectivity index (χ2v) is 5.58. The molecule has 0 saturated carbocycles. The molecule has 0 amide bonds. The molecule has 27 heavy (non-hydrogen) atoms. The third-order valence-electron chi connectivity index (χ3n) is 3.60. The molecule has 0 unspecified atom stereocenters. The maximum atomic E-state index is 10.6. The van der Waals surface area contributed by atoms with Crippen molar-refractivity contribution in [1.29, 1.82) is 0 Å². The molecule has 7 nitrogen and oxygen atoms in total. The van der Waals surface area contributed by atoms with Crippen LogP contribution >= 0.6 is 0 Å². The third-order valence-corrected chi connectivity index (χ3v) is 3.60. The predicted octanol–water partition coefficient (Wildman–Crippen LogP) is 4.49. The van der Waals surface area contributed by atoms with Crippen molar-refractivity contribution in [2.75, 3.05) is 10.9 Å². The van der Waals surface area contributed by atoms with Crippen LogP contribution < -0.4 is 10.9 Å². The molecule has 3 rings (SSSR count). The lowest BCUT2D eigenvalue weighted by atomic mass is 10.2. The zero-order valence-electron chi connectivity index (χ0n) is 14.3. The summed E-state index contributed by atoms with van der Waals surface area (Å²) < 4.78 is 0. The number of nitrogens with zero attached hydrogens (tertiary/aromatic N) is 3. The van der Waals surface area contributed by atoms with Crippen LogP contribution in [0.2, 0.25) is 0 Å². The molecule has 0 saturated heterocycles. The number of anilines is 2. The molecule has 2 N–H and O–H groups in total. The van der Waals surface area contributed by atoms with Crippen LogP contribution in [0.1, 0.15) is 11.1 Å². The molecule has 3 aromatic rings. The maximum absolute atomic E-state index is 10.6. The maximum Gasteiger partial charge on any atom is 0.269 e. The number of rotatable bonds is 7. The smallest absolute Gasteiger partial charge is 0.269 e. The quantitative estimate of drug-likeness (QED) is 0.369. The lowest BCUT2D eigenvalue weighted by Gasteiger charge is -2.00. The first-order valence-electron chi connectivity index (χ1n) is 8.18. The fourth-order valence-corrected chi connectivity index (χ4v) is 2.20. The van der Waals surface area contributed by atoms with Gasteiger partial charge in [-0.15, -0.1) is 0 Å². The second kappa shape index (κ2) is 8.91. The van der Waals surface area contributed by atoms with E-state index in [4.69, 9.17) is 0 Å². The Labute approximate surface area is 156 Å². The molecular formula is C20H17N5O2. The Morgan fingerprint density at radius 2 is 1.19 bits per heavy atom. The number of hydrazone groups is 2. The van der Waals surface area contributed by atoms with Crippen LogP contribution in [0.3, 0.4) is 0 Å². The fourth-order valence-electron chi connectivity index (χ4n) is 2.20. The molecule has 0 aliphatic carbocycles. The van der Waals surface area contributed by atoms with Gasteiger partial charge >= 0.3 is 0 Å². The topological polar surface area (TPSA) is 91.9 Å². The summed E-state index contributed by atoms with van der Waals surface area (Å²) in [6.07, 6.45) is 3.41. The van der Waals surface area contributed by atoms with Crippen LogP contribution in [0.5, 0.6) is 0 Å². The van der Waals surface area contributed by atoms with Crippen LogP contribution in [0.25, 0.3) is 0 Å². The number of nitro benzene ring substituents is 1. The molecule has 0 bridgehead atoms. The highest BCUT2D eigenvalue weighted by Gasteiger charge is 2.02. The monoisotopic (exact) mass is 359 g/mol. The van der Waals surface area contributed by atoms with Crippen LogP contribution in [-0.2, 0) is 0 Å². The van der Waals surface area contributed by atoms with E-state index in [2.05, 4.69) is 21.1 Å². The number of nitrogens with one attached hydrogen (secondary N) is 2. The van der Waals surface area contributed by atoms with Gasteiger partial charge in [-0.1, -0.05) is 42.5 Å². The fraction of sp³-hybridized carbons (Fsp3) is 0. The molecule has 3 aromatic carbocycles. The molecule has 0 spiro atoms. The van der Waals surface area contributed by atoms with Crippen molar-refractivity contribution in [3.63, 3.8) is 0 Å². The lowest BCUT2D eigenvalue weighted by molar-refractivity contribution is -0.384. The summed E-state index contributed by atoms with van der Waals surface area (Å²) in [5, 5.41) is 18.9. The highest BCUT2D eigenvalue weighted by molar-refractivity contribution is 5.84. The number of para-hydroxylation sites is 1. The van der Waals surface area contributed by atoms with Crippen LogP contribution in [0, 0.1) is 10.1 Å². The van der Waals surface area contributed by atoms with E-state index in [1.165, 1.54) is 12.1 Å². The van der Waals surface area contributed by atoms with Crippen molar-refractivity contribution in [2.45, 2.75) is 0 Å². The normalized spacial score (nSPS) is 11.0. The highest BCUT2D eigenvalue weighted by Crippen LogP contribution is 2.15. The van der Waals surface area contributed by atoms with Gasteiger partial charge in [-0.25, -0.2) is 0 Å². The lowest BCUT2D eigenvalue weighted by Crippen LogP contribution is -1.93. The van der Waals surface area contributed by atoms with E-state index in [0.29, 0.717) is 5.69 Å². The van der Waals surface area contributed by atoms with Gasteiger partial charge in [-0.05, 0) is 35.4 Å². The Bertz CT molecular complexity index is 936. The Morgan fingerprint density at radius 3 is 1.67 bits per heavy atom. The van der Waals surface area contributed by atoms with Crippen molar-refractivity contribution in [3.05, 3.63) is 100 Å². The Balaban J connectivity index is 1.52. The van der Waals surface area contributed by atoms with Gasteiger partial charge in [-0.3, -0.25) is 21.0 Å². The van der Waals surface area contributed by atoms with E-state index < -0.39 is 4.92 Å². The summed E-state index contributed by atoms with van der Waals surface area (Å²) >= 11 is 0. The minimum absolute atomic E-state index is 0.0449. The van der Waals surface area contributed by atoms with Gasteiger partial charge in [0.25, 0.3) is 5.69 Å². The van der Waals surface area contributed by atoms with Crippen LogP contribution in [-0.4, -0.2) is 17.4 Å². The van der Waals surface area contributed by atoms with Crippen LogP contribution in [0.4, 0.5) is 17.1 Å². The largest absolute Gasteiger partial charge is 0.279 e. The van der Waals surface area contributed by atoms with Gasteiger partial charge in [0.15, 0.2) is 0 Å². The molecule has 0 aliphatic heterocycles. The zero-order chi connectivity index (χ0) is 18.9. The first-order valence-corrected chi connectivity index (χ1v) is 8.18. The van der Waals surface area contributed by atoms with Gasteiger partial charge in [0.05, 0.1) is 28.7 Å². The number of hydrogen-bond donors (Lipinski definition) is 2. The van der Waals surface area contributed by atoms with E-state index in [0.717, 1.165) is 16.8 Å². The summed E-state index contributed by atoms with van der Waals surface area (Å²) in [6, 6.07) is 23.5. The summed E-state index contributed by atoms with van der Waals surface area (Å²) in [5.41, 5.74) is 9.32. The number of non-ortho nitro benzene ring substituents is 1. The molecule has 7 heteroatoms. The molecule has 0 fully saturated rings. The first-order chi connectivity index (χ1) is 13.2. The molecule has 0 aliphatic rings. The molecular weight excluding hydrogens is 342 g/mol. The highest BCUT2D eigenvalue weighted by atomic mass is 16.6. The first kappa shape index (κ1) is 17.8. The van der Waals surface area contributed by atoms with Crippen LogP contribution in [0.15, 0.2) is 89.1 Å². The van der Waals surface area contributed by atoms with Gasteiger partial charge in [0.2, 0.25) is 0 Å². The molecule has 0 atom stereocenters. The van der Waals surface area contributed by atoms with Crippen molar-refractivity contribution in [2.24, 2.45) is 10.2 Å². The molecule has 0 radical (unpaired) electrons. The van der Waals surface area contributed by atoms with E-state index >= 15 is 0 Å². The van der Waals surface area contributed by atoms with E-state index in [9.17, 15) is 10.1 Å². The zero-order valence-corrected chi connectivity index (χ0v) is 14.3. The van der Waals surface area contributed by atoms with Gasteiger partial charge in [-0.2, -0.15) is 10.2 Å². The minimum atomic E-state index is -0.437. The Kier molecular flexibility index (Phi) is 5.88. The molecule has 0 aromatic heterocycles. The average molecular weight is 359 g/mol. The van der Waals surface area contributed by atoms with Crippen molar-refractivity contribution >= 4 is 29.5 Å². The number of benzene rings is 3. The summed E-state index contributed by atoms with van der Waals surface area (Å²) in [6.45, 7) is 0. The van der Waals surface area contributed by atoms with E-state index in [-0.39, 0.29) is 5.69 Å². The number of nitro groups is 1. The SMILES string of the molecule is O=[N+]([O-])c1ccc(N/N=C/c2ccc(/C=N\Nc3ccccc3)cc2)cc1. The third kappa shape index (κ3) is 5.50. The van der Waals surface area contributed by atoms with E-state index in [1.807, 2.05) is 54.6 Å². The molecule has 134 valence electrons. The van der Waals surface area contributed by atoms with Gasteiger partial charge in [0, 0.05) is 12.1 Å². The second-order valence-electron chi connectivity index (χ2n) is 5.58. The Morgan fingerprint density at radius 1 is 0.704 bits per heavy atom. The Hall–Kier alpha value is -4.00. The summed E-state index contributed by atoms with van der Waals surface area (Å²) in [7, 11) is 0. The minimum Gasteiger partial charge on any atom is -0.279 e. The molecule has 0 heterocycles. The van der Waals surface area contributed by atoms with Gasteiger partial charge in [0.1, 0.15) is 0 Å². The van der Waals surface area contributed by atoms with Crippen molar-refractivity contribution < 1.29 is 4.92 Å². The summed E-state index contributed by atoms with van der Waals surface area (Å²) in [4.78, 5) is 10.2. The number of hydrogen-bond acceptors (Lipinski definition) is 6. The summed E-state index contributed by atoms with van der Waals surface area (Å²) in [5.74, 6) is 0. The van der Waals surface area contributed by atoms with Crippen molar-refractivity contribution in [3.8, 4) is 0 Å². The van der Waals surface area contributed by atoms with Gasteiger partial charge < -0.3 is 0 Å². The standard InChI is InChI=1S/C20H17N5O2/c26-25(27)20-12-10-19(11-13-20)24-22-15-17-8-6-16(7-9-17)14-21-23-18-4-2-1-3-5-18/h1-15,23-24H/b21-14-,22-15+. The van der Waals surface area contributed by atoms with Crippen molar-refractivity contribution in [1.82, 2.24) is 0 Å².